The summed E-state index contributed by atoms with van der Waals surface area (Å²) >= 11 is 1.51. The minimum Gasteiger partial charge on any atom is -0.368 e. The van der Waals surface area contributed by atoms with E-state index in [1.807, 2.05) is 31.1 Å². The number of anilines is 1. The fourth-order valence-electron chi connectivity index (χ4n) is 4.02. The second-order valence-electron chi connectivity index (χ2n) is 8.74. The van der Waals surface area contributed by atoms with Crippen molar-refractivity contribution in [2.75, 3.05) is 26.4 Å². The normalized spacial score (nSPS) is 14.6. The molecule has 0 bridgehead atoms. The number of nitrogens with zero attached hydrogens (tertiary/aromatic N) is 6. The van der Waals surface area contributed by atoms with E-state index < -0.39 is 0 Å². The third-order valence-electron chi connectivity index (χ3n) is 5.37. The molecule has 0 unspecified atom stereocenters. The van der Waals surface area contributed by atoms with E-state index in [4.69, 9.17) is 10.8 Å². The molecule has 3 aromatic rings. The number of likely N-dealkylation sites (N-methyl/N-ethyl adjacent to an activating group) is 1. The second kappa shape index (κ2) is 7.55. The predicted octanol–water partition coefficient (Wildman–Crippen LogP) is 2.51. The molecule has 0 spiro atoms. The van der Waals surface area contributed by atoms with E-state index in [0.29, 0.717) is 12.2 Å². The molecule has 2 N–H and O–H groups in total. The van der Waals surface area contributed by atoms with Gasteiger partial charge in [-0.25, -0.2) is 15.0 Å². The number of hydrogen-bond acceptors (Lipinski definition) is 8. The molecular formula is C21H27N7OS. The lowest BCUT2D eigenvalue weighted by molar-refractivity contribution is 0.0985. The van der Waals surface area contributed by atoms with Crippen molar-refractivity contribution in [1.82, 2.24) is 29.6 Å². The van der Waals surface area contributed by atoms with Gasteiger partial charge in [-0.05, 0) is 38.4 Å². The van der Waals surface area contributed by atoms with Gasteiger partial charge in [0, 0.05) is 29.4 Å². The highest BCUT2D eigenvalue weighted by molar-refractivity contribution is 7.09. The summed E-state index contributed by atoms with van der Waals surface area (Å²) in [6, 6.07) is 0. The zero-order valence-corrected chi connectivity index (χ0v) is 18.9. The number of hydrogen-bond donors (Lipinski definition) is 1. The number of ketones is 1. The average Bonchev–Trinajstić information content (AvgIpc) is 3.25. The molecule has 30 heavy (non-hydrogen) atoms. The number of thiazole rings is 1. The van der Waals surface area contributed by atoms with Gasteiger partial charge in [-0.15, -0.1) is 11.3 Å². The Hall–Kier alpha value is -2.65. The summed E-state index contributed by atoms with van der Waals surface area (Å²) in [4.78, 5) is 28.6. The quantitative estimate of drug-likeness (QED) is 0.605. The molecule has 158 valence electrons. The summed E-state index contributed by atoms with van der Waals surface area (Å²) in [5, 5.41) is 7.59. The summed E-state index contributed by atoms with van der Waals surface area (Å²) < 4.78 is 1.92. The van der Waals surface area contributed by atoms with Crippen molar-refractivity contribution < 1.29 is 4.79 Å². The Labute approximate surface area is 180 Å². The summed E-state index contributed by atoms with van der Waals surface area (Å²) in [6.45, 7) is 7.68. The van der Waals surface area contributed by atoms with Gasteiger partial charge in [0.1, 0.15) is 10.7 Å². The first-order valence-electron chi connectivity index (χ1n) is 9.97. The van der Waals surface area contributed by atoms with E-state index in [2.05, 4.69) is 33.7 Å². The van der Waals surface area contributed by atoms with Crippen LogP contribution in [0.15, 0.2) is 11.6 Å². The van der Waals surface area contributed by atoms with E-state index in [9.17, 15) is 4.79 Å². The van der Waals surface area contributed by atoms with Crippen LogP contribution in [0.3, 0.4) is 0 Å². The maximum atomic E-state index is 13.3. The molecule has 0 saturated heterocycles. The minimum absolute atomic E-state index is 0.0113. The number of nitrogens with two attached hydrogens (primary N) is 1. The van der Waals surface area contributed by atoms with E-state index >= 15 is 0 Å². The summed E-state index contributed by atoms with van der Waals surface area (Å²) in [7, 11) is 4.04. The third kappa shape index (κ3) is 3.75. The molecule has 1 aliphatic rings. The lowest BCUT2D eigenvalue weighted by Crippen LogP contribution is -2.29. The van der Waals surface area contributed by atoms with E-state index in [0.717, 1.165) is 46.2 Å². The fourth-order valence-corrected chi connectivity index (χ4v) is 4.79. The SMILES string of the molecule is Cc1csc(CC(=O)c2nn(CCN(C)C)c3c2C(C)(C)Cc2cnc(N)nc2-3)n1. The first kappa shape index (κ1) is 20.6. The standard InChI is InChI=1S/C21H27N7OS/c1-12-11-30-15(24-12)8-14(29)18-16-19(28(26-18)7-6-27(4)5)17-13(9-21(16,2)3)10-23-20(22)25-17/h10-11H,6-9H2,1-5H3,(H2,22,23,25). The average molecular weight is 426 g/mol. The predicted molar refractivity (Wildman–Crippen MR) is 118 cm³/mol. The van der Waals surface area contributed by atoms with Crippen LogP contribution in [-0.4, -0.2) is 56.1 Å². The van der Waals surface area contributed by atoms with Crippen molar-refractivity contribution >= 4 is 23.1 Å². The van der Waals surface area contributed by atoms with Gasteiger partial charge < -0.3 is 10.6 Å². The minimum atomic E-state index is -0.276. The highest BCUT2D eigenvalue weighted by Crippen LogP contribution is 2.44. The smallest absolute Gasteiger partial charge is 0.220 e. The van der Waals surface area contributed by atoms with Crippen LogP contribution in [0, 0.1) is 6.92 Å². The second-order valence-corrected chi connectivity index (χ2v) is 9.69. The van der Waals surface area contributed by atoms with Gasteiger partial charge in [-0.1, -0.05) is 13.8 Å². The van der Waals surface area contributed by atoms with Crippen molar-refractivity contribution in [3.63, 3.8) is 0 Å². The van der Waals surface area contributed by atoms with Crippen LogP contribution in [-0.2, 0) is 24.8 Å². The van der Waals surface area contributed by atoms with Crippen molar-refractivity contribution in [3.8, 4) is 11.4 Å². The molecule has 9 heteroatoms. The van der Waals surface area contributed by atoms with Gasteiger partial charge >= 0.3 is 0 Å². The Morgan fingerprint density at radius 2 is 2.10 bits per heavy atom. The van der Waals surface area contributed by atoms with Crippen LogP contribution in [0.1, 0.15) is 46.2 Å². The molecule has 3 aromatic heterocycles. The summed E-state index contributed by atoms with van der Waals surface area (Å²) in [5.74, 6) is 0.216. The number of rotatable bonds is 6. The monoisotopic (exact) mass is 425 g/mol. The lowest BCUT2D eigenvalue weighted by Gasteiger charge is -2.31. The highest BCUT2D eigenvalue weighted by atomic mass is 32.1. The zero-order valence-electron chi connectivity index (χ0n) is 18.1. The molecule has 8 nitrogen and oxygen atoms in total. The number of nitrogen functional groups attached to an aromatic ring is 1. The van der Waals surface area contributed by atoms with Crippen molar-refractivity contribution in [2.45, 2.75) is 45.6 Å². The van der Waals surface area contributed by atoms with Crippen molar-refractivity contribution in [2.24, 2.45) is 0 Å². The first-order valence-corrected chi connectivity index (χ1v) is 10.9. The van der Waals surface area contributed by atoms with Crippen LogP contribution < -0.4 is 5.73 Å². The molecule has 4 rings (SSSR count). The Kier molecular flexibility index (Phi) is 5.19. The molecule has 0 amide bonds. The van der Waals surface area contributed by atoms with Crippen LogP contribution in [0.2, 0.25) is 0 Å². The van der Waals surface area contributed by atoms with E-state index in [-0.39, 0.29) is 23.6 Å². The number of carbonyl (C=O) groups excluding carboxylic acids is 1. The van der Waals surface area contributed by atoms with Crippen LogP contribution in [0.25, 0.3) is 11.4 Å². The number of carbonyl (C=O) groups is 1. The fraction of sp³-hybridized carbons (Fsp3) is 0.476. The Morgan fingerprint density at radius 1 is 1.33 bits per heavy atom. The third-order valence-corrected chi connectivity index (χ3v) is 6.34. The number of Topliss-reactive ketones (excluding diaryl/α,β-unsaturated/α-hetero) is 1. The van der Waals surface area contributed by atoms with Crippen LogP contribution in [0.4, 0.5) is 5.95 Å². The van der Waals surface area contributed by atoms with Gasteiger partial charge in [0.2, 0.25) is 5.95 Å². The van der Waals surface area contributed by atoms with Crippen LogP contribution in [0.5, 0.6) is 0 Å². The molecule has 0 aromatic carbocycles. The van der Waals surface area contributed by atoms with Crippen LogP contribution >= 0.6 is 11.3 Å². The maximum Gasteiger partial charge on any atom is 0.220 e. The molecule has 0 fully saturated rings. The number of fused-ring (bicyclic) bond motifs is 3. The summed E-state index contributed by atoms with van der Waals surface area (Å²) in [5.41, 5.74) is 10.7. The lowest BCUT2D eigenvalue weighted by atomic mass is 9.72. The van der Waals surface area contributed by atoms with Crippen molar-refractivity contribution in [3.05, 3.63) is 39.1 Å². The highest BCUT2D eigenvalue weighted by Gasteiger charge is 2.40. The Bertz CT molecular complexity index is 1110. The van der Waals surface area contributed by atoms with E-state index in [1.54, 1.807) is 6.20 Å². The molecule has 0 saturated carbocycles. The number of aromatic nitrogens is 5. The van der Waals surface area contributed by atoms with Gasteiger partial charge in [-0.3, -0.25) is 9.48 Å². The van der Waals surface area contributed by atoms with E-state index in [1.165, 1.54) is 11.3 Å². The molecule has 0 aliphatic heterocycles. The Morgan fingerprint density at radius 3 is 2.77 bits per heavy atom. The molecule has 0 radical (unpaired) electrons. The molecule has 3 heterocycles. The van der Waals surface area contributed by atoms with Gasteiger partial charge in [0.05, 0.1) is 24.4 Å². The summed E-state index contributed by atoms with van der Waals surface area (Å²) in [6.07, 6.45) is 2.78. The van der Waals surface area contributed by atoms with Crippen molar-refractivity contribution in [1.29, 1.82) is 0 Å². The maximum absolute atomic E-state index is 13.3. The molecule has 1 aliphatic carbocycles. The zero-order chi connectivity index (χ0) is 21.6. The largest absolute Gasteiger partial charge is 0.368 e. The number of aryl methyl sites for hydroxylation is 1. The molecular weight excluding hydrogens is 398 g/mol. The topological polar surface area (TPSA) is 103 Å². The van der Waals surface area contributed by atoms with Gasteiger partial charge in [0.15, 0.2) is 5.78 Å². The molecule has 0 atom stereocenters. The first-order chi connectivity index (χ1) is 14.2. The Balaban J connectivity index is 1.86. The van der Waals surface area contributed by atoms with Gasteiger partial charge in [0.25, 0.3) is 0 Å². The van der Waals surface area contributed by atoms with Gasteiger partial charge in [-0.2, -0.15) is 5.10 Å².